The number of hydrogen-bond donors (Lipinski definition) is 2. The zero-order valence-corrected chi connectivity index (χ0v) is 20.6. The van der Waals surface area contributed by atoms with E-state index >= 15 is 0 Å². The van der Waals surface area contributed by atoms with Crippen LogP contribution in [0, 0.1) is 11.3 Å². The van der Waals surface area contributed by atoms with Crippen LogP contribution in [-0.2, 0) is 5.41 Å². The molecule has 5 heteroatoms. The number of nitrogen functional groups attached to an aromatic ring is 1. The van der Waals surface area contributed by atoms with Gasteiger partial charge in [-0.05, 0) is 84.5 Å². The van der Waals surface area contributed by atoms with E-state index in [1.807, 2.05) is 6.07 Å². The summed E-state index contributed by atoms with van der Waals surface area (Å²) in [5.74, 6) is 1.48. The standard InChI is InChI=1S/C30H35N5/c1-21-20-29(15-17-30(21,18-16-29)23-11-6-3-7-12-23)14-8-13-24(22-9-4-2-5-10-22)25-19-26(31)32-28-27(25)33-35-34-28/h2-7,9-12,19,21,24H,8,13-18,20H2,1H3,(H3,31,32,33,34,35). The van der Waals surface area contributed by atoms with Crippen LogP contribution in [-0.4, -0.2) is 20.4 Å². The van der Waals surface area contributed by atoms with Gasteiger partial charge in [-0.15, -0.1) is 5.10 Å². The fraction of sp³-hybridized carbons (Fsp3) is 0.433. The Morgan fingerprint density at radius 2 is 1.69 bits per heavy atom. The Labute approximate surface area is 207 Å². The van der Waals surface area contributed by atoms with Crippen LogP contribution in [0.4, 0.5) is 5.82 Å². The topological polar surface area (TPSA) is 80.5 Å². The molecule has 2 aromatic heterocycles. The van der Waals surface area contributed by atoms with Gasteiger partial charge >= 0.3 is 0 Å². The molecule has 4 aromatic rings. The lowest BCUT2D eigenvalue weighted by molar-refractivity contribution is -0.0147. The van der Waals surface area contributed by atoms with Crippen LogP contribution in [0.2, 0.25) is 0 Å². The van der Waals surface area contributed by atoms with Crippen molar-refractivity contribution >= 4 is 17.0 Å². The highest BCUT2D eigenvalue weighted by Crippen LogP contribution is 2.62. The third-order valence-electron chi connectivity index (χ3n) is 9.35. The van der Waals surface area contributed by atoms with Crippen molar-refractivity contribution in [2.24, 2.45) is 11.3 Å². The predicted octanol–water partition coefficient (Wildman–Crippen LogP) is 6.78. The second-order valence-corrected chi connectivity index (χ2v) is 11.1. The number of rotatable bonds is 7. The Bertz CT molecular complexity index is 1290. The largest absolute Gasteiger partial charge is 0.384 e. The number of nitrogens with one attached hydrogen (secondary N) is 1. The number of pyridine rings is 1. The van der Waals surface area contributed by atoms with Gasteiger partial charge < -0.3 is 5.73 Å². The number of nitrogens with two attached hydrogens (primary N) is 1. The molecule has 2 unspecified atom stereocenters. The van der Waals surface area contributed by atoms with Crippen molar-refractivity contribution in [1.29, 1.82) is 0 Å². The van der Waals surface area contributed by atoms with Gasteiger partial charge in [0.05, 0.1) is 0 Å². The molecule has 2 heterocycles. The van der Waals surface area contributed by atoms with Gasteiger partial charge in [0.15, 0.2) is 0 Å². The molecule has 3 fully saturated rings. The molecule has 3 N–H and O–H groups in total. The highest BCUT2D eigenvalue weighted by atomic mass is 15.3. The highest BCUT2D eigenvalue weighted by molar-refractivity contribution is 5.77. The summed E-state index contributed by atoms with van der Waals surface area (Å²) in [7, 11) is 0. The summed E-state index contributed by atoms with van der Waals surface area (Å²) in [5.41, 5.74) is 12.5. The van der Waals surface area contributed by atoms with Crippen LogP contribution in [0.5, 0.6) is 0 Å². The molecule has 0 aliphatic heterocycles. The molecule has 3 saturated carbocycles. The molecule has 180 valence electrons. The Kier molecular flexibility index (Phi) is 5.58. The van der Waals surface area contributed by atoms with Gasteiger partial charge in [-0.3, -0.25) is 0 Å². The molecule has 0 saturated heterocycles. The van der Waals surface area contributed by atoms with Crippen molar-refractivity contribution in [2.45, 2.75) is 69.6 Å². The number of nitrogens with zero attached hydrogens (tertiary/aromatic N) is 3. The fourth-order valence-corrected chi connectivity index (χ4v) is 7.48. The van der Waals surface area contributed by atoms with Crippen LogP contribution < -0.4 is 5.73 Å². The van der Waals surface area contributed by atoms with E-state index in [0.29, 0.717) is 22.3 Å². The van der Waals surface area contributed by atoms with Gasteiger partial charge in [0.2, 0.25) is 5.65 Å². The number of aromatic nitrogens is 4. The SMILES string of the molecule is CC1CC2(CCCC(c3ccccc3)c3cc(N)nc4n[nH]nc34)CCC1(c1ccccc1)CC2. The Morgan fingerprint density at radius 1 is 0.971 bits per heavy atom. The molecule has 0 amide bonds. The molecule has 2 atom stereocenters. The molecule has 2 aromatic carbocycles. The van der Waals surface area contributed by atoms with Gasteiger partial charge in [0.25, 0.3) is 0 Å². The first-order chi connectivity index (χ1) is 17.1. The zero-order valence-electron chi connectivity index (χ0n) is 20.6. The van der Waals surface area contributed by atoms with Crippen LogP contribution in [0.15, 0.2) is 66.7 Å². The minimum absolute atomic E-state index is 0.235. The second-order valence-electron chi connectivity index (χ2n) is 11.1. The maximum atomic E-state index is 6.18. The van der Waals surface area contributed by atoms with Crippen LogP contribution in [0.1, 0.15) is 80.9 Å². The third kappa shape index (κ3) is 3.91. The van der Waals surface area contributed by atoms with Crippen molar-refractivity contribution in [3.63, 3.8) is 0 Å². The predicted molar refractivity (Wildman–Crippen MR) is 141 cm³/mol. The minimum atomic E-state index is 0.235. The van der Waals surface area contributed by atoms with Gasteiger partial charge in [-0.2, -0.15) is 10.3 Å². The van der Waals surface area contributed by atoms with E-state index in [0.717, 1.165) is 23.4 Å². The third-order valence-corrected chi connectivity index (χ3v) is 9.35. The Morgan fingerprint density at radius 3 is 2.40 bits per heavy atom. The summed E-state index contributed by atoms with van der Waals surface area (Å²) in [6, 6.07) is 24.1. The highest BCUT2D eigenvalue weighted by Gasteiger charge is 2.52. The van der Waals surface area contributed by atoms with Crippen molar-refractivity contribution in [3.8, 4) is 0 Å². The lowest BCUT2D eigenvalue weighted by Gasteiger charge is -2.58. The molecule has 0 radical (unpaired) electrons. The smallest absolute Gasteiger partial charge is 0.203 e. The monoisotopic (exact) mass is 465 g/mol. The van der Waals surface area contributed by atoms with Crippen molar-refractivity contribution in [2.75, 3.05) is 5.73 Å². The lowest BCUT2D eigenvalue weighted by atomic mass is 9.47. The Hall–Kier alpha value is -3.21. The van der Waals surface area contributed by atoms with E-state index in [1.54, 1.807) is 5.56 Å². The maximum Gasteiger partial charge on any atom is 0.203 e. The van der Waals surface area contributed by atoms with Gasteiger partial charge in [-0.25, -0.2) is 4.98 Å². The van der Waals surface area contributed by atoms with Crippen molar-refractivity contribution in [3.05, 3.63) is 83.4 Å². The summed E-state index contributed by atoms with van der Waals surface area (Å²) < 4.78 is 0. The minimum Gasteiger partial charge on any atom is -0.384 e. The van der Waals surface area contributed by atoms with Gasteiger partial charge in [-0.1, -0.05) is 74.0 Å². The van der Waals surface area contributed by atoms with E-state index in [9.17, 15) is 0 Å². The molecule has 2 bridgehead atoms. The van der Waals surface area contributed by atoms with Crippen LogP contribution in [0.25, 0.3) is 11.2 Å². The summed E-state index contributed by atoms with van der Waals surface area (Å²) in [5, 5.41) is 11.4. The number of aromatic amines is 1. The zero-order chi connectivity index (χ0) is 23.9. The van der Waals surface area contributed by atoms with Crippen LogP contribution in [0.3, 0.4) is 0 Å². The van der Waals surface area contributed by atoms with Crippen molar-refractivity contribution in [1.82, 2.24) is 20.4 Å². The normalized spacial score (nSPS) is 26.7. The van der Waals surface area contributed by atoms with E-state index in [2.05, 4.69) is 88.0 Å². The molecular weight excluding hydrogens is 430 g/mol. The molecule has 0 spiro atoms. The number of H-pyrrole nitrogens is 1. The summed E-state index contributed by atoms with van der Waals surface area (Å²) in [6.07, 6.45) is 10.3. The first-order valence-corrected chi connectivity index (χ1v) is 13.2. The quantitative estimate of drug-likeness (QED) is 0.315. The summed E-state index contributed by atoms with van der Waals surface area (Å²) >= 11 is 0. The summed E-state index contributed by atoms with van der Waals surface area (Å²) in [4.78, 5) is 4.37. The number of fused-ring (bicyclic) bond motifs is 4. The average Bonchev–Trinajstić information content (AvgIpc) is 3.36. The second kappa shape index (κ2) is 8.78. The van der Waals surface area contributed by atoms with E-state index in [4.69, 9.17) is 5.73 Å². The summed E-state index contributed by atoms with van der Waals surface area (Å²) in [6.45, 7) is 2.51. The lowest BCUT2D eigenvalue weighted by Crippen LogP contribution is -2.49. The maximum absolute atomic E-state index is 6.18. The first-order valence-electron chi connectivity index (χ1n) is 13.2. The van der Waals surface area contributed by atoms with Crippen molar-refractivity contribution < 1.29 is 0 Å². The molecule has 5 nitrogen and oxygen atoms in total. The van der Waals surface area contributed by atoms with Gasteiger partial charge in [0.1, 0.15) is 11.3 Å². The molecule has 3 aliphatic carbocycles. The first kappa shape index (κ1) is 22.3. The van der Waals surface area contributed by atoms with E-state index in [-0.39, 0.29) is 5.92 Å². The molecule has 7 rings (SSSR count). The molecule has 35 heavy (non-hydrogen) atoms. The van der Waals surface area contributed by atoms with E-state index in [1.165, 1.54) is 50.5 Å². The number of hydrogen-bond acceptors (Lipinski definition) is 4. The number of benzene rings is 2. The molecule has 3 aliphatic rings. The average molecular weight is 466 g/mol. The molecular formula is C30H35N5. The van der Waals surface area contributed by atoms with E-state index < -0.39 is 0 Å². The van der Waals surface area contributed by atoms with Crippen LogP contribution >= 0.6 is 0 Å². The fourth-order valence-electron chi connectivity index (χ4n) is 7.48. The van der Waals surface area contributed by atoms with Gasteiger partial charge in [0, 0.05) is 5.92 Å². The number of anilines is 1. The Balaban J connectivity index is 1.21.